The van der Waals surface area contributed by atoms with E-state index in [0.717, 1.165) is 24.0 Å². The second-order valence-electron chi connectivity index (χ2n) is 6.49. The first kappa shape index (κ1) is 18.0. The summed E-state index contributed by atoms with van der Waals surface area (Å²) in [5.41, 5.74) is 0.671. The van der Waals surface area contributed by atoms with Crippen LogP contribution in [0.1, 0.15) is 37.8 Å². The highest BCUT2D eigenvalue weighted by molar-refractivity contribution is 5.77. The lowest BCUT2D eigenvalue weighted by Crippen LogP contribution is -2.37. The fraction of sp³-hybridized carbons (Fsp3) is 0.350. The van der Waals surface area contributed by atoms with Gasteiger partial charge in [0.1, 0.15) is 5.75 Å². The molecule has 1 amide bonds. The Hall–Kier alpha value is -2.33. The van der Waals surface area contributed by atoms with Gasteiger partial charge in [-0.1, -0.05) is 42.5 Å². The Morgan fingerprint density at radius 3 is 2.38 bits per heavy atom. The van der Waals surface area contributed by atoms with Crippen LogP contribution in [0.5, 0.6) is 5.75 Å². The summed E-state index contributed by atoms with van der Waals surface area (Å²) in [4.78, 5) is 12.2. The number of phenols is 1. The van der Waals surface area contributed by atoms with Crippen molar-refractivity contribution < 1.29 is 15.0 Å². The zero-order valence-electron chi connectivity index (χ0n) is 14.2. The number of benzene rings is 2. The van der Waals surface area contributed by atoms with Gasteiger partial charge in [-0.05, 0) is 49.9 Å². The van der Waals surface area contributed by atoms with Gasteiger partial charge in [0.15, 0.2) is 0 Å². The van der Waals surface area contributed by atoms with Crippen molar-refractivity contribution in [2.75, 3.05) is 0 Å². The van der Waals surface area contributed by atoms with Crippen molar-refractivity contribution in [3.8, 4) is 5.75 Å². The average molecular weight is 327 g/mol. The van der Waals surface area contributed by atoms with E-state index in [-0.39, 0.29) is 24.1 Å². The van der Waals surface area contributed by atoms with Gasteiger partial charge in [0.25, 0.3) is 0 Å². The van der Waals surface area contributed by atoms with Crippen molar-refractivity contribution in [1.82, 2.24) is 5.32 Å². The number of aliphatic hydroxyl groups is 1. The first-order valence-electron chi connectivity index (χ1n) is 8.22. The lowest BCUT2D eigenvalue weighted by Gasteiger charge is -2.24. The first-order valence-corrected chi connectivity index (χ1v) is 8.22. The number of hydrogen-bond donors (Lipinski definition) is 3. The molecule has 0 spiro atoms. The number of aryl methyl sites for hydroxylation is 1. The number of carbonyl (C=O) groups is 1. The second kappa shape index (κ2) is 7.97. The third kappa shape index (κ3) is 5.39. The fourth-order valence-corrected chi connectivity index (χ4v) is 2.66. The number of nitrogens with one attached hydrogen (secondary N) is 1. The third-order valence-electron chi connectivity index (χ3n) is 4.11. The smallest absolute Gasteiger partial charge is 0.223 e. The molecule has 2 rings (SSSR count). The average Bonchev–Trinajstić information content (AvgIpc) is 2.54. The molecule has 4 nitrogen and oxygen atoms in total. The molecule has 24 heavy (non-hydrogen) atoms. The molecular formula is C20H25NO3. The minimum absolute atomic E-state index is 0.0119. The van der Waals surface area contributed by atoms with Crippen LogP contribution in [0.15, 0.2) is 54.6 Å². The number of rotatable bonds is 7. The van der Waals surface area contributed by atoms with E-state index in [1.807, 2.05) is 49.4 Å². The van der Waals surface area contributed by atoms with Gasteiger partial charge in [0, 0.05) is 6.04 Å². The minimum Gasteiger partial charge on any atom is -0.508 e. The molecule has 0 aliphatic carbocycles. The Morgan fingerprint density at radius 1 is 1.12 bits per heavy atom. The molecule has 0 aliphatic heterocycles. The van der Waals surface area contributed by atoms with Crippen molar-refractivity contribution in [3.63, 3.8) is 0 Å². The summed E-state index contributed by atoms with van der Waals surface area (Å²) in [6, 6.07) is 16.3. The largest absolute Gasteiger partial charge is 0.508 e. The molecule has 0 radical (unpaired) electrons. The Labute approximate surface area is 143 Å². The summed E-state index contributed by atoms with van der Waals surface area (Å²) in [5.74, 6) is 0.0882. The van der Waals surface area contributed by atoms with Crippen LogP contribution in [0, 0.1) is 0 Å². The van der Waals surface area contributed by atoms with E-state index in [0.29, 0.717) is 0 Å². The van der Waals surface area contributed by atoms with Crippen LogP contribution in [0.2, 0.25) is 0 Å². The van der Waals surface area contributed by atoms with Gasteiger partial charge in [-0.2, -0.15) is 0 Å². The van der Waals surface area contributed by atoms with Crippen LogP contribution in [0.4, 0.5) is 0 Å². The van der Waals surface area contributed by atoms with Gasteiger partial charge in [-0.15, -0.1) is 0 Å². The Balaban J connectivity index is 1.82. The normalized spacial score (nSPS) is 14.6. The van der Waals surface area contributed by atoms with Gasteiger partial charge in [0.05, 0.1) is 12.0 Å². The molecular weight excluding hydrogens is 302 g/mol. The van der Waals surface area contributed by atoms with Crippen LogP contribution < -0.4 is 5.32 Å². The summed E-state index contributed by atoms with van der Waals surface area (Å²) in [6.45, 7) is 3.61. The van der Waals surface area contributed by atoms with Gasteiger partial charge in [-0.25, -0.2) is 0 Å². The number of aromatic hydroxyl groups is 1. The lowest BCUT2D eigenvalue weighted by atomic mass is 9.92. The zero-order chi connectivity index (χ0) is 17.6. The molecule has 2 atom stereocenters. The van der Waals surface area contributed by atoms with Crippen molar-refractivity contribution in [1.29, 1.82) is 0 Å². The maximum Gasteiger partial charge on any atom is 0.223 e. The molecule has 0 fully saturated rings. The zero-order valence-corrected chi connectivity index (χ0v) is 14.2. The summed E-state index contributed by atoms with van der Waals surface area (Å²) in [5, 5.41) is 22.7. The van der Waals surface area contributed by atoms with Crippen molar-refractivity contribution in [2.45, 2.75) is 44.8 Å². The maximum absolute atomic E-state index is 12.2. The number of carbonyl (C=O) groups excluding carboxylic acids is 1. The molecule has 3 N–H and O–H groups in total. The van der Waals surface area contributed by atoms with Gasteiger partial charge >= 0.3 is 0 Å². The van der Waals surface area contributed by atoms with E-state index in [2.05, 4.69) is 5.32 Å². The molecule has 0 heterocycles. The molecule has 2 unspecified atom stereocenters. The lowest BCUT2D eigenvalue weighted by molar-refractivity contribution is -0.126. The van der Waals surface area contributed by atoms with E-state index < -0.39 is 5.60 Å². The van der Waals surface area contributed by atoms with Crippen LogP contribution >= 0.6 is 0 Å². The molecule has 4 heteroatoms. The van der Waals surface area contributed by atoms with E-state index in [1.165, 1.54) is 0 Å². The van der Waals surface area contributed by atoms with Gasteiger partial charge in [-0.3, -0.25) is 4.79 Å². The summed E-state index contributed by atoms with van der Waals surface area (Å²) in [6.07, 6.45) is 1.64. The highest BCUT2D eigenvalue weighted by Gasteiger charge is 2.26. The SMILES string of the molecule is CC(CCc1ccc(O)cc1)NC(=O)CC(C)(O)c1ccccc1. The Morgan fingerprint density at radius 2 is 1.75 bits per heavy atom. The van der Waals surface area contributed by atoms with Crippen LogP contribution in [-0.4, -0.2) is 22.2 Å². The molecule has 0 saturated heterocycles. The van der Waals surface area contributed by atoms with Crippen molar-refractivity contribution >= 4 is 5.91 Å². The van der Waals surface area contributed by atoms with Crippen molar-refractivity contribution in [3.05, 3.63) is 65.7 Å². The van der Waals surface area contributed by atoms with Crippen molar-refractivity contribution in [2.24, 2.45) is 0 Å². The highest BCUT2D eigenvalue weighted by atomic mass is 16.3. The molecule has 2 aromatic rings. The van der Waals surface area contributed by atoms with Gasteiger partial charge in [0.2, 0.25) is 5.91 Å². The topological polar surface area (TPSA) is 69.6 Å². The van der Waals surface area contributed by atoms with Crippen LogP contribution in [-0.2, 0) is 16.8 Å². The maximum atomic E-state index is 12.2. The minimum atomic E-state index is -1.18. The standard InChI is InChI=1S/C20H25NO3/c1-15(8-9-16-10-12-18(22)13-11-16)21-19(23)14-20(2,24)17-6-4-3-5-7-17/h3-7,10-13,15,22,24H,8-9,14H2,1-2H3,(H,21,23). The number of amides is 1. The van der Waals surface area contributed by atoms with E-state index in [4.69, 9.17) is 0 Å². The summed E-state index contributed by atoms with van der Waals surface area (Å²) >= 11 is 0. The molecule has 2 aromatic carbocycles. The van der Waals surface area contributed by atoms with E-state index >= 15 is 0 Å². The second-order valence-corrected chi connectivity index (χ2v) is 6.49. The quantitative estimate of drug-likeness (QED) is 0.732. The predicted octanol–water partition coefficient (Wildman–Crippen LogP) is 3.13. The fourth-order valence-electron chi connectivity index (χ4n) is 2.66. The van der Waals surface area contributed by atoms with Crippen LogP contribution in [0.25, 0.3) is 0 Å². The number of phenolic OH excluding ortho intramolecular Hbond substituents is 1. The van der Waals surface area contributed by atoms with Crippen LogP contribution in [0.3, 0.4) is 0 Å². The molecule has 128 valence electrons. The third-order valence-corrected chi connectivity index (χ3v) is 4.11. The highest BCUT2D eigenvalue weighted by Crippen LogP contribution is 2.24. The molecule has 0 bridgehead atoms. The predicted molar refractivity (Wildman–Crippen MR) is 94.7 cm³/mol. The van der Waals surface area contributed by atoms with E-state index in [9.17, 15) is 15.0 Å². The first-order chi connectivity index (χ1) is 11.4. The van der Waals surface area contributed by atoms with E-state index in [1.54, 1.807) is 19.1 Å². The molecule has 0 saturated carbocycles. The van der Waals surface area contributed by atoms with Gasteiger partial charge < -0.3 is 15.5 Å². The number of hydrogen-bond acceptors (Lipinski definition) is 3. The molecule has 0 aliphatic rings. The molecule has 0 aromatic heterocycles. The Kier molecular flexibility index (Phi) is 5.99. The Bertz CT molecular complexity index is 650. The summed E-state index contributed by atoms with van der Waals surface area (Å²) < 4.78 is 0. The monoisotopic (exact) mass is 327 g/mol. The summed E-state index contributed by atoms with van der Waals surface area (Å²) in [7, 11) is 0.